The number of carboxylic acid groups (broad SMARTS) is 1. The van der Waals surface area contributed by atoms with Gasteiger partial charge in [-0.2, -0.15) is 8.42 Å². The molecular weight excluding hydrogens is 315 g/mol. The van der Waals surface area contributed by atoms with Crippen molar-refractivity contribution in [3.05, 3.63) is 23.8 Å². The molecule has 1 aromatic rings. The van der Waals surface area contributed by atoms with Crippen molar-refractivity contribution in [2.75, 3.05) is 0 Å². The summed E-state index contributed by atoms with van der Waals surface area (Å²) in [4.78, 5) is 10.6. The van der Waals surface area contributed by atoms with E-state index in [1.54, 1.807) is 0 Å². The number of aromatic carboxylic acids is 1. The van der Waals surface area contributed by atoms with Crippen LogP contribution in [0.2, 0.25) is 18.1 Å². The Hall–Kier alpha value is -1.41. The van der Waals surface area contributed by atoms with Crippen molar-refractivity contribution in [3.63, 3.8) is 0 Å². The molecule has 0 fully saturated rings. The molecule has 0 unspecified atom stereocenters. The Labute approximate surface area is 125 Å². The van der Waals surface area contributed by atoms with Gasteiger partial charge >= 0.3 is 16.2 Å². The summed E-state index contributed by atoms with van der Waals surface area (Å²) in [5.41, 5.74) is -0.362. The average Bonchev–Trinajstić information content (AvgIpc) is 2.25. The van der Waals surface area contributed by atoms with Crippen molar-refractivity contribution in [1.29, 1.82) is 0 Å². The number of benzene rings is 1. The van der Waals surface area contributed by atoms with E-state index in [-0.39, 0.29) is 16.4 Å². The van der Waals surface area contributed by atoms with Crippen molar-refractivity contribution in [3.8, 4) is 5.75 Å². The van der Waals surface area contributed by atoms with E-state index in [4.69, 9.17) is 4.43 Å². The highest BCUT2D eigenvalue weighted by atomic mass is 32.3. The Bertz CT molecular complexity index is 662. The van der Waals surface area contributed by atoms with Gasteiger partial charge in [-0.05, 0) is 36.3 Å². The molecule has 1 aromatic carbocycles. The van der Waals surface area contributed by atoms with Crippen LogP contribution in [0.15, 0.2) is 23.1 Å². The molecule has 0 amide bonds. The highest BCUT2D eigenvalue weighted by Crippen LogP contribution is 2.38. The van der Waals surface area contributed by atoms with Crippen LogP contribution in [-0.2, 0) is 10.2 Å². The number of hydrogen-bond donors (Lipinski definition) is 1. The summed E-state index contributed by atoms with van der Waals surface area (Å²) in [5.74, 6) is -1.31. The Morgan fingerprint density at radius 1 is 1.29 bits per heavy atom. The Morgan fingerprint density at radius 3 is 2.19 bits per heavy atom. The average molecular weight is 334 g/mol. The third kappa shape index (κ3) is 4.04. The lowest BCUT2D eigenvalue weighted by molar-refractivity contribution is 0.0694. The van der Waals surface area contributed by atoms with E-state index in [1.807, 2.05) is 33.9 Å². The molecule has 0 radical (unpaired) electrons. The summed E-state index contributed by atoms with van der Waals surface area (Å²) in [6.07, 6.45) is 0. The predicted octanol–water partition coefficient (Wildman–Crippen LogP) is 3.43. The number of hydrogen-bond acceptors (Lipinski definition) is 4. The maximum absolute atomic E-state index is 13.0. The largest absolute Gasteiger partial charge is 0.543 e. The zero-order chi connectivity index (χ0) is 16.6. The molecule has 0 aliphatic rings. The molecule has 0 aliphatic heterocycles. The Balaban J connectivity index is 3.36. The molecule has 0 bridgehead atoms. The molecule has 0 atom stereocenters. The van der Waals surface area contributed by atoms with E-state index < -0.39 is 29.4 Å². The standard InChI is InChI=1S/C13H19FO5SSi/c1-13(2,3)21(4,5)19-11-7-6-9(20(14,17)18)8-10(11)12(15)16/h6-8H,1-5H3,(H,15,16). The molecule has 1 N–H and O–H groups in total. The molecule has 0 aliphatic carbocycles. The van der Waals surface area contributed by atoms with Crippen molar-refractivity contribution < 1.29 is 26.6 Å². The van der Waals surface area contributed by atoms with Gasteiger partial charge < -0.3 is 9.53 Å². The minimum atomic E-state index is -4.96. The Kier molecular flexibility index (Phi) is 4.55. The van der Waals surface area contributed by atoms with Gasteiger partial charge in [-0.25, -0.2) is 4.79 Å². The monoisotopic (exact) mass is 334 g/mol. The summed E-state index contributed by atoms with van der Waals surface area (Å²) < 4.78 is 40.6. The normalized spacial score (nSPS) is 13.0. The van der Waals surface area contributed by atoms with Gasteiger partial charge in [-0.3, -0.25) is 0 Å². The summed E-state index contributed by atoms with van der Waals surface area (Å²) >= 11 is 0. The molecule has 1 rings (SSSR count). The van der Waals surface area contributed by atoms with Crippen LogP contribution >= 0.6 is 0 Å². The van der Waals surface area contributed by atoms with E-state index in [1.165, 1.54) is 6.07 Å². The van der Waals surface area contributed by atoms with Crippen molar-refractivity contribution in [2.45, 2.75) is 43.8 Å². The maximum Gasteiger partial charge on any atom is 0.339 e. The zero-order valence-electron chi connectivity index (χ0n) is 12.6. The SMILES string of the molecule is CC(C)(C)[Si](C)(C)Oc1ccc(S(=O)(=O)F)cc1C(=O)O. The third-order valence-electron chi connectivity index (χ3n) is 3.63. The van der Waals surface area contributed by atoms with Crippen molar-refractivity contribution in [1.82, 2.24) is 0 Å². The molecule has 0 saturated heterocycles. The summed E-state index contributed by atoms with van der Waals surface area (Å²) in [6, 6.07) is 2.97. The minimum Gasteiger partial charge on any atom is -0.543 e. The number of halogens is 1. The van der Waals surface area contributed by atoms with Crippen LogP contribution in [0.1, 0.15) is 31.1 Å². The van der Waals surface area contributed by atoms with Crippen LogP contribution in [0.5, 0.6) is 5.75 Å². The highest BCUT2D eigenvalue weighted by Gasteiger charge is 2.39. The lowest BCUT2D eigenvalue weighted by Crippen LogP contribution is -2.44. The number of carbonyl (C=O) groups is 1. The molecule has 5 nitrogen and oxygen atoms in total. The van der Waals surface area contributed by atoms with Crippen LogP contribution in [0, 0.1) is 0 Å². The van der Waals surface area contributed by atoms with Crippen molar-refractivity contribution >= 4 is 24.5 Å². The number of rotatable bonds is 4. The van der Waals surface area contributed by atoms with Crippen LogP contribution in [0.3, 0.4) is 0 Å². The smallest absolute Gasteiger partial charge is 0.339 e. The maximum atomic E-state index is 13.0. The molecule has 0 aromatic heterocycles. The molecule has 118 valence electrons. The first-order valence-corrected chi connectivity index (χ1v) is 10.6. The van der Waals surface area contributed by atoms with Crippen LogP contribution in [-0.4, -0.2) is 27.8 Å². The fourth-order valence-electron chi connectivity index (χ4n) is 1.34. The van der Waals surface area contributed by atoms with Gasteiger partial charge in [-0.1, -0.05) is 20.8 Å². The second kappa shape index (κ2) is 5.41. The van der Waals surface area contributed by atoms with E-state index in [0.29, 0.717) is 0 Å². The number of carboxylic acids is 1. The quantitative estimate of drug-likeness (QED) is 0.674. The van der Waals surface area contributed by atoms with Crippen LogP contribution < -0.4 is 4.43 Å². The molecule has 0 heterocycles. The topological polar surface area (TPSA) is 80.7 Å². The minimum absolute atomic E-state index is 0.0569. The van der Waals surface area contributed by atoms with Crippen LogP contribution in [0.25, 0.3) is 0 Å². The molecule has 0 spiro atoms. The van der Waals surface area contributed by atoms with E-state index >= 15 is 0 Å². The lowest BCUT2D eigenvalue weighted by Gasteiger charge is -2.36. The van der Waals surface area contributed by atoms with Gasteiger partial charge in [0.1, 0.15) is 11.3 Å². The van der Waals surface area contributed by atoms with Gasteiger partial charge in [-0.15, -0.1) is 3.89 Å². The van der Waals surface area contributed by atoms with E-state index in [2.05, 4.69) is 0 Å². The van der Waals surface area contributed by atoms with Gasteiger partial charge in [0.05, 0.1) is 4.90 Å². The fraction of sp³-hybridized carbons (Fsp3) is 0.462. The first-order valence-electron chi connectivity index (χ1n) is 6.27. The summed E-state index contributed by atoms with van der Waals surface area (Å²) in [5, 5.41) is 9.01. The van der Waals surface area contributed by atoms with Gasteiger partial charge in [0, 0.05) is 0 Å². The predicted molar refractivity (Wildman–Crippen MR) is 79.5 cm³/mol. The second-order valence-electron chi connectivity index (χ2n) is 6.26. The molecule has 21 heavy (non-hydrogen) atoms. The lowest BCUT2D eigenvalue weighted by atomic mass is 10.2. The third-order valence-corrected chi connectivity index (χ3v) is 8.79. The van der Waals surface area contributed by atoms with E-state index in [0.717, 1.165) is 12.1 Å². The zero-order valence-corrected chi connectivity index (χ0v) is 14.4. The van der Waals surface area contributed by atoms with Gasteiger partial charge in [0.25, 0.3) is 8.32 Å². The molecular formula is C13H19FO5SSi. The van der Waals surface area contributed by atoms with Crippen LogP contribution in [0.4, 0.5) is 3.89 Å². The fourth-order valence-corrected chi connectivity index (χ4v) is 2.87. The summed E-state index contributed by atoms with van der Waals surface area (Å²) in [7, 11) is -7.25. The first-order chi connectivity index (χ1) is 9.25. The summed E-state index contributed by atoms with van der Waals surface area (Å²) in [6.45, 7) is 9.82. The molecule has 0 saturated carbocycles. The van der Waals surface area contributed by atoms with E-state index in [9.17, 15) is 22.2 Å². The second-order valence-corrected chi connectivity index (χ2v) is 12.3. The molecule has 8 heteroatoms. The van der Waals surface area contributed by atoms with Gasteiger partial charge in [0.15, 0.2) is 0 Å². The Morgan fingerprint density at radius 2 is 1.81 bits per heavy atom. The highest BCUT2D eigenvalue weighted by molar-refractivity contribution is 7.86. The van der Waals surface area contributed by atoms with Crippen molar-refractivity contribution in [2.24, 2.45) is 0 Å². The first kappa shape index (κ1) is 17.6. The van der Waals surface area contributed by atoms with Gasteiger partial charge in [0.2, 0.25) is 0 Å².